The number of ether oxygens (including phenoxy) is 2. The average Bonchev–Trinajstić information content (AvgIpc) is 3.60. The molecule has 2 atom stereocenters. The predicted molar refractivity (Wildman–Crippen MR) is 156 cm³/mol. The van der Waals surface area contributed by atoms with Crippen molar-refractivity contribution in [2.24, 2.45) is 0 Å². The lowest BCUT2D eigenvalue weighted by atomic mass is 10.1. The second-order valence-corrected chi connectivity index (χ2v) is 10.7. The summed E-state index contributed by atoms with van der Waals surface area (Å²) in [5.41, 5.74) is 1.02. The molecule has 1 fully saturated rings. The fourth-order valence-electron chi connectivity index (χ4n) is 4.91. The van der Waals surface area contributed by atoms with E-state index < -0.39 is 35.2 Å². The fraction of sp³-hybridized carbons (Fsp3) is 0.333. The van der Waals surface area contributed by atoms with Gasteiger partial charge in [0, 0.05) is 24.3 Å². The molecule has 5 rings (SSSR count). The summed E-state index contributed by atoms with van der Waals surface area (Å²) >= 11 is 6.55. The first-order valence-electron chi connectivity index (χ1n) is 13.8. The summed E-state index contributed by atoms with van der Waals surface area (Å²) in [6, 6.07) is 6.12. The number of nitrogens with zero attached hydrogens (tertiary/aromatic N) is 1. The Labute approximate surface area is 251 Å². The highest BCUT2D eigenvalue weighted by Crippen LogP contribution is 2.36. The van der Waals surface area contributed by atoms with Gasteiger partial charge in [0.1, 0.15) is 40.5 Å². The average molecular weight is 614 g/mol. The molecule has 3 heterocycles. The minimum Gasteiger partial charge on any atom is -0.447 e. The second kappa shape index (κ2) is 13.3. The van der Waals surface area contributed by atoms with Crippen molar-refractivity contribution < 1.29 is 32.6 Å². The van der Waals surface area contributed by atoms with Crippen molar-refractivity contribution in [3.05, 3.63) is 76.2 Å². The molecular weight excluding hydrogens is 584 g/mol. The predicted octanol–water partition coefficient (Wildman–Crippen LogP) is 6.19. The maximum absolute atomic E-state index is 14.5. The molecule has 0 aliphatic carbocycles. The van der Waals surface area contributed by atoms with Crippen LogP contribution in [0.2, 0.25) is 5.15 Å². The van der Waals surface area contributed by atoms with Crippen LogP contribution >= 0.6 is 11.6 Å². The van der Waals surface area contributed by atoms with Crippen LogP contribution in [0.25, 0.3) is 11.3 Å². The number of fused-ring (bicyclic) bond motifs is 4. The summed E-state index contributed by atoms with van der Waals surface area (Å²) in [5, 5.41) is 8.25. The number of carbonyl (C=O) groups excluding carboxylic acids is 3. The van der Waals surface area contributed by atoms with Crippen molar-refractivity contribution in [3.8, 4) is 11.3 Å². The van der Waals surface area contributed by atoms with Gasteiger partial charge in [-0.1, -0.05) is 23.8 Å². The van der Waals surface area contributed by atoms with Gasteiger partial charge >= 0.3 is 6.09 Å². The highest BCUT2D eigenvalue weighted by Gasteiger charge is 2.26. The Hall–Kier alpha value is -4.29. The van der Waals surface area contributed by atoms with Crippen LogP contribution in [0.15, 0.2) is 42.5 Å². The Balaban J connectivity index is 1.42. The number of aryl methyl sites for hydroxylation is 1. The van der Waals surface area contributed by atoms with E-state index in [1.165, 1.54) is 6.92 Å². The van der Waals surface area contributed by atoms with Crippen LogP contribution in [0.4, 0.5) is 25.0 Å². The van der Waals surface area contributed by atoms with Crippen molar-refractivity contribution >= 4 is 40.9 Å². The summed E-state index contributed by atoms with van der Waals surface area (Å²) in [6.45, 7) is 2.30. The van der Waals surface area contributed by atoms with Gasteiger partial charge in [-0.05, 0) is 68.5 Å². The van der Waals surface area contributed by atoms with Crippen LogP contribution in [0.1, 0.15) is 59.9 Å². The molecule has 0 spiro atoms. The number of anilines is 2. The number of carbonyl (C=O) groups is 3. The van der Waals surface area contributed by atoms with Gasteiger partial charge in [-0.25, -0.2) is 18.6 Å². The minimum absolute atomic E-state index is 0.107. The van der Waals surface area contributed by atoms with Gasteiger partial charge in [0.25, 0.3) is 5.91 Å². The van der Waals surface area contributed by atoms with Crippen LogP contribution in [-0.4, -0.2) is 47.2 Å². The van der Waals surface area contributed by atoms with Gasteiger partial charge in [-0.15, -0.1) is 0 Å². The lowest BCUT2D eigenvalue weighted by molar-refractivity contribution is -0.116. The molecule has 10 nitrogen and oxygen atoms in total. The molecule has 2 aliphatic heterocycles. The SMILES string of the molecule is Cc1cc(F)c(C(=O)N[C@H]2C/C=C/CCC(=O)Nc3cc(NC(=O)OCC4CCCO4)ccc3-c3nc2[nH]c3Cl)c(F)c1. The summed E-state index contributed by atoms with van der Waals surface area (Å²) in [6.07, 6.45) is 5.19. The molecule has 0 saturated carbocycles. The monoisotopic (exact) mass is 613 g/mol. The van der Waals surface area contributed by atoms with Gasteiger partial charge < -0.3 is 25.1 Å². The molecule has 1 unspecified atom stereocenters. The first-order chi connectivity index (χ1) is 20.7. The highest BCUT2D eigenvalue weighted by molar-refractivity contribution is 6.32. The minimum atomic E-state index is -0.980. The van der Waals surface area contributed by atoms with Gasteiger partial charge in [-0.2, -0.15) is 0 Å². The molecule has 1 saturated heterocycles. The number of hydrogen-bond acceptors (Lipinski definition) is 6. The Bertz CT molecular complexity index is 1550. The van der Waals surface area contributed by atoms with E-state index in [0.717, 1.165) is 25.0 Å². The van der Waals surface area contributed by atoms with E-state index in [4.69, 9.17) is 21.1 Å². The maximum Gasteiger partial charge on any atom is 0.411 e. The highest BCUT2D eigenvalue weighted by atomic mass is 35.5. The fourth-order valence-corrected chi connectivity index (χ4v) is 5.15. The Morgan fingerprint density at radius 1 is 1.19 bits per heavy atom. The number of amides is 3. The topological polar surface area (TPSA) is 134 Å². The molecule has 2 aromatic carbocycles. The number of rotatable bonds is 5. The second-order valence-electron chi connectivity index (χ2n) is 10.3. The number of imidazole rings is 1. The van der Waals surface area contributed by atoms with E-state index in [1.807, 2.05) is 0 Å². The first-order valence-corrected chi connectivity index (χ1v) is 14.2. The van der Waals surface area contributed by atoms with Crippen molar-refractivity contribution in [2.75, 3.05) is 23.8 Å². The van der Waals surface area contributed by atoms with E-state index in [0.29, 0.717) is 35.5 Å². The third-order valence-electron chi connectivity index (χ3n) is 7.02. The molecule has 13 heteroatoms. The summed E-state index contributed by atoms with van der Waals surface area (Å²) < 4.78 is 39.8. The molecule has 3 amide bonds. The molecule has 2 bridgehead atoms. The van der Waals surface area contributed by atoms with E-state index in [9.17, 15) is 23.2 Å². The number of allylic oxidation sites excluding steroid dienone is 1. The molecule has 2 aliphatic rings. The van der Waals surface area contributed by atoms with Gasteiger partial charge in [0.2, 0.25) is 5.91 Å². The number of H-pyrrole nitrogens is 1. The van der Waals surface area contributed by atoms with Gasteiger partial charge in [0.15, 0.2) is 0 Å². The molecule has 226 valence electrons. The van der Waals surface area contributed by atoms with E-state index in [1.54, 1.807) is 30.4 Å². The van der Waals surface area contributed by atoms with E-state index >= 15 is 0 Å². The Morgan fingerprint density at radius 2 is 1.98 bits per heavy atom. The summed E-state index contributed by atoms with van der Waals surface area (Å²) in [5.74, 6) is -2.96. The number of halogens is 3. The van der Waals surface area contributed by atoms with Crippen LogP contribution in [-0.2, 0) is 14.3 Å². The van der Waals surface area contributed by atoms with Crippen molar-refractivity contribution in [3.63, 3.8) is 0 Å². The lowest BCUT2D eigenvalue weighted by Crippen LogP contribution is -2.30. The smallest absolute Gasteiger partial charge is 0.411 e. The van der Waals surface area contributed by atoms with Crippen LogP contribution in [0, 0.1) is 18.6 Å². The standard InChI is InChI=1S/C30H30ClF2N5O5/c1-16-12-20(32)25(21(33)13-16)29(40)36-22-7-3-2-4-8-24(39)35-23-14-17(34-30(41)43-15-18-6-5-11-42-18)9-10-19(23)26-27(31)38-28(22)37-26/h2-3,9-10,12-14,18,22H,4-8,11,15H2,1H3,(H,34,41)(H,35,39)(H,36,40)(H,37,38)/b3-2+/t18?,22-/m0/s1. The zero-order valence-corrected chi connectivity index (χ0v) is 24.0. The summed E-state index contributed by atoms with van der Waals surface area (Å²) in [7, 11) is 0. The van der Waals surface area contributed by atoms with E-state index in [-0.39, 0.29) is 48.1 Å². The number of benzene rings is 2. The lowest BCUT2D eigenvalue weighted by Gasteiger charge is -2.16. The largest absolute Gasteiger partial charge is 0.447 e. The zero-order valence-electron chi connectivity index (χ0n) is 23.3. The normalized spacial score (nSPS) is 19.2. The Morgan fingerprint density at radius 3 is 2.72 bits per heavy atom. The van der Waals surface area contributed by atoms with Crippen LogP contribution < -0.4 is 16.0 Å². The zero-order chi connectivity index (χ0) is 30.5. The third-order valence-corrected chi connectivity index (χ3v) is 7.30. The summed E-state index contributed by atoms with van der Waals surface area (Å²) in [4.78, 5) is 45.7. The quantitative estimate of drug-likeness (QED) is 0.253. The molecule has 1 aromatic heterocycles. The van der Waals surface area contributed by atoms with Crippen molar-refractivity contribution in [2.45, 2.75) is 51.2 Å². The Kier molecular flexibility index (Phi) is 9.37. The third kappa shape index (κ3) is 7.38. The first kappa shape index (κ1) is 30.2. The molecule has 0 radical (unpaired) electrons. The molecule has 3 aromatic rings. The number of aromatic nitrogens is 2. The van der Waals surface area contributed by atoms with Gasteiger partial charge in [0.05, 0.1) is 17.8 Å². The van der Waals surface area contributed by atoms with Crippen LogP contribution in [0.5, 0.6) is 0 Å². The number of hydrogen-bond donors (Lipinski definition) is 4. The van der Waals surface area contributed by atoms with Crippen LogP contribution in [0.3, 0.4) is 0 Å². The number of nitrogens with one attached hydrogen (secondary N) is 4. The van der Waals surface area contributed by atoms with Crippen molar-refractivity contribution in [1.29, 1.82) is 0 Å². The number of aromatic amines is 1. The van der Waals surface area contributed by atoms with Crippen molar-refractivity contribution in [1.82, 2.24) is 15.3 Å². The van der Waals surface area contributed by atoms with E-state index in [2.05, 4.69) is 25.9 Å². The maximum atomic E-state index is 14.5. The molecular formula is C30H30ClF2N5O5. The molecule has 43 heavy (non-hydrogen) atoms. The molecule has 4 N–H and O–H groups in total. The van der Waals surface area contributed by atoms with Gasteiger partial charge in [-0.3, -0.25) is 14.9 Å².